The van der Waals surface area contributed by atoms with E-state index >= 15 is 0 Å². The fourth-order valence-corrected chi connectivity index (χ4v) is 3.00. The Hall–Kier alpha value is -2.93. The van der Waals surface area contributed by atoms with Gasteiger partial charge in [0.05, 0.1) is 23.0 Å². The molecule has 0 fully saturated rings. The van der Waals surface area contributed by atoms with Crippen molar-refractivity contribution in [1.29, 1.82) is 0 Å². The topological polar surface area (TPSA) is 56.2 Å². The number of rotatable bonds is 6. The third-order valence-corrected chi connectivity index (χ3v) is 4.34. The van der Waals surface area contributed by atoms with Crippen molar-refractivity contribution in [3.8, 4) is 11.4 Å². The van der Waals surface area contributed by atoms with E-state index in [1.165, 1.54) is 10.7 Å². The Morgan fingerprint density at radius 1 is 1.25 bits per heavy atom. The first kappa shape index (κ1) is 19.8. The molecule has 0 bridgehead atoms. The van der Waals surface area contributed by atoms with Gasteiger partial charge in [0.15, 0.2) is 11.6 Å². The van der Waals surface area contributed by atoms with Gasteiger partial charge in [0.1, 0.15) is 17.6 Å². The largest absolute Gasteiger partial charge is 0.488 e. The van der Waals surface area contributed by atoms with E-state index in [9.17, 15) is 13.6 Å². The third kappa shape index (κ3) is 4.31. The Labute approximate surface area is 165 Å². The number of nitrogens with zero attached hydrogens (tertiary/aromatic N) is 2. The lowest BCUT2D eigenvalue weighted by molar-refractivity contribution is 0.0925. The molecule has 3 aromatic rings. The Balaban J connectivity index is 1.68. The summed E-state index contributed by atoms with van der Waals surface area (Å²) in [6.45, 7) is 3.39. The molecular weight excluding hydrogens is 388 g/mol. The average Bonchev–Trinajstić information content (AvgIpc) is 2.96. The summed E-state index contributed by atoms with van der Waals surface area (Å²) in [7, 11) is 0. The fraction of sp³-hybridized carbons (Fsp3) is 0.200. The Morgan fingerprint density at radius 3 is 2.64 bits per heavy atom. The van der Waals surface area contributed by atoms with Crippen LogP contribution < -0.4 is 10.1 Å². The number of aryl methyl sites for hydroxylation is 1. The van der Waals surface area contributed by atoms with Crippen LogP contribution in [0, 0.1) is 18.6 Å². The average molecular weight is 406 g/mol. The second kappa shape index (κ2) is 8.39. The van der Waals surface area contributed by atoms with Crippen LogP contribution in [0.4, 0.5) is 8.78 Å². The number of aromatic nitrogens is 2. The predicted octanol–water partition coefficient (Wildman–Crippen LogP) is 4.31. The Bertz CT molecular complexity index is 993. The minimum atomic E-state index is -0.804. The quantitative estimate of drug-likeness (QED) is 0.665. The predicted molar refractivity (Wildman–Crippen MR) is 102 cm³/mol. The SMILES string of the molecule is Cc1nn(-c2ccccc2)c(Cl)c1C(=O)NC(C)COc1ccc(F)cc1F. The van der Waals surface area contributed by atoms with Gasteiger partial charge in [0, 0.05) is 6.07 Å². The molecule has 0 aliphatic heterocycles. The van der Waals surface area contributed by atoms with Crippen LogP contribution in [0.25, 0.3) is 5.69 Å². The molecule has 0 saturated carbocycles. The number of hydrogen-bond donors (Lipinski definition) is 1. The van der Waals surface area contributed by atoms with E-state index in [2.05, 4.69) is 10.4 Å². The molecule has 5 nitrogen and oxygen atoms in total. The number of para-hydroxylation sites is 1. The standard InChI is InChI=1S/C20H18ClF2N3O2/c1-12(11-28-17-9-8-14(22)10-16(17)23)24-20(27)18-13(2)25-26(19(18)21)15-6-4-3-5-7-15/h3-10,12H,11H2,1-2H3,(H,24,27). The summed E-state index contributed by atoms with van der Waals surface area (Å²) in [5, 5.41) is 7.27. The second-order valence-electron chi connectivity index (χ2n) is 6.26. The second-order valence-corrected chi connectivity index (χ2v) is 6.62. The van der Waals surface area contributed by atoms with E-state index in [-0.39, 0.29) is 23.1 Å². The minimum Gasteiger partial charge on any atom is -0.488 e. The van der Waals surface area contributed by atoms with Gasteiger partial charge in [-0.2, -0.15) is 5.10 Å². The highest BCUT2D eigenvalue weighted by atomic mass is 35.5. The number of carbonyl (C=O) groups excluding carboxylic acids is 1. The van der Waals surface area contributed by atoms with Gasteiger partial charge in [-0.15, -0.1) is 0 Å². The molecule has 0 saturated heterocycles. The van der Waals surface area contributed by atoms with Crippen molar-refractivity contribution in [3.63, 3.8) is 0 Å². The summed E-state index contributed by atoms with van der Waals surface area (Å²) in [4.78, 5) is 12.6. The summed E-state index contributed by atoms with van der Waals surface area (Å²) in [6, 6.07) is 11.8. The molecule has 0 spiro atoms. The summed E-state index contributed by atoms with van der Waals surface area (Å²) in [5.41, 5.74) is 1.46. The highest BCUT2D eigenvalue weighted by molar-refractivity contribution is 6.33. The molecule has 28 heavy (non-hydrogen) atoms. The van der Waals surface area contributed by atoms with E-state index in [1.807, 2.05) is 30.3 Å². The molecule has 0 aliphatic carbocycles. The molecule has 1 N–H and O–H groups in total. The number of ether oxygens (including phenoxy) is 1. The third-order valence-electron chi connectivity index (χ3n) is 3.99. The van der Waals surface area contributed by atoms with Crippen LogP contribution in [-0.4, -0.2) is 28.3 Å². The van der Waals surface area contributed by atoms with Gasteiger partial charge < -0.3 is 10.1 Å². The lowest BCUT2D eigenvalue weighted by atomic mass is 10.2. The smallest absolute Gasteiger partial charge is 0.256 e. The van der Waals surface area contributed by atoms with Crippen LogP contribution in [0.1, 0.15) is 23.0 Å². The van der Waals surface area contributed by atoms with Crippen molar-refractivity contribution in [2.24, 2.45) is 0 Å². The maximum atomic E-state index is 13.6. The molecule has 0 radical (unpaired) electrons. The highest BCUT2D eigenvalue weighted by Crippen LogP contribution is 2.23. The van der Waals surface area contributed by atoms with Crippen molar-refractivity contribution in [1.82, 2.24) is 15.1 Å². The molecule has 146 valence electrons. The normalized spacial score (nSPS) is 11.9. The van der Waals surface area contributed by atoms with Gasteiger partial charge in [-0.1, -0.05) is 29.8 Å². The summed E-state index contributed by atoms with van der Waals surface area (Å²) in [5.74, 6) is -2.00. The van der Waals surface area contributed by atoms with Crippen LogP contribution in [-0.2, 0) is 0 Å². The van der Waals surface area contributed by atoms with Crippen molar-refractivity contribution in [2.75, 3.05) is 6.61 Å². The monoisotopic (exact) mass is 405 g/mol. The first-order valence-electron chi connectivity index (χ1n) is 8.56. The van der Waals surface area contributed by atoms with Crippen LogP contribution in [0.2, 0.25) is 5.15 Å². The zero-order valence-electron chi connectivity index (χ0n) is 15.2. The van der Waals surface area contributed by atoms with E-state index in [0.717, 1.165) is 17.8 Å². The molecule has 0 aliphatic rings. The lowest BCUT2D eigenvalue weighted by Crippen LogP contribution is -2.37. The molecule has 1 heterocycles. The zero-order valence-corrected chi connectivity index (χ0v) is 16.0. The number of carbonyl (C=O) groups is 1. The molecule has 3 rings (SSSR count). The highest BCUT2D eigenvalue weighted by Gasteiger charge is 2.22. The Kier molecular flexibility index (Phi) is 5.94. The van der Waals surface area contributed by atoms with E-state index < -0.39 is 23.6 Å². The van der Waals surface area contributed by atoms with Crippen LogP contribution >= 0.6 is 11.6 Å². The number of halogens is 3. The van der Waals surface area contributed by atoms with Crippen LogP contribution in [0.15, 0.2) is 48.5 Å². The number of hydrogen-bond acceptors (Lipinski definition) is 3. The zero-order chi connectivity index (χ0) is 20.3. The number of amides is 1. The molecule has 1 amide bonds. The lowest BCUT2D eigenvalue weighted by Gasteiger charge is -2.15. The van der Waals surface area contributed by atoms with Gasteiger partial charge in [0.2, 0.25) is 0 Å². The van der Waals surface area contributed by atoms with Crippen molar-refractivity contribution >= 4 is 17.5 Å². The van der Waals surface area contributed by atoms with Gasteiger partial charge in [0.25, 0.3) is 5.91 Å². The maximum Gasteiger partial charge on any atom is 0.256 e. The first-order valence-corrected chi connectivity index (χ1v) is 8.94. The van der Waals surface area contributed by atoms with Crippen molar-refractivity contribution in [3.05, 3.63) is 76.6 Å². The number of nitrogens with one attached hydrogen (secondary N) is 1. The van der Waals surface area contributed by atoms with Crippen LogP contribution in [0.3, 0.4) is 0 Å². The fourth-order valence-electron chi connectivity index (χ4n) is 2.64. The van der Waals surface area contributed by atoms with E-state index in [4.69, 9.17) is 16.3 Å². The van der Waals surface area contributed by atoms with Gasteiger partial charge >= 0.3 is 0 Å². The van der Waals surface area contributed by atoms with Gasteiger partial charge in [-0.25, -0.2) is 13.5 Å². The van der Waals surface area contributed by atoms with E-state index in [1.54, 1.807) is 13.8 Å². The van der Waals surface area contributed by atoms with E-state index in [0.29, 0.717) is 5.69 Å². The van der Waals surface area contributed by atoms with Crippen molar-refractivity contribution in [2.45, 2.75) is 19.9 Å². The molecule has 2 aromatic carbocycles. The molecule has 8 heteroatoms. The first-order chi connectivity index (χ1) is 13.4. The molecule has 1 unspecified atom stereocenters. The summed E-state index contributed by atoms with van der Waals surface area (Å²) >= 11 is 6.37. The minimum absolute atomic E-state index is 0.00220. The summed E-state index contributed by atoms with van der Waals surface area (Å²) < 4.78 is 33.4. The van der Waals surface area contributed by atoms with Gasteiger partial charge in [-0.05, 0) is 38.1 Å². The number of benzene rings is 2. The van der Waals surface area contributed by atoms with Gasteiger partial charge in [-0.3, -0.25) is 4.79 Å². The molecular formula is C20H18ClF2N3O2. The van der Waals surface area contributed by atoms with Crippen LogP contribution in [0.5, 0.6) is 5.75 Å². The Morgan fingerprint density at radius 2 is 1.96 bits per heavy atom. The maximum absolute atomic E-state index is 13.6. The summed E-state index contributed by atoms with van der Waals surface area (Å²) in [6.07, 6.45) is 0. The van der Waals surface area contributed by atoms with Crippen molar-refractivity contribution < 1.29 is 18.3 Å². The molecule has 1 atom stereocenters. The molecule has 1 aromatic heterocycles.